The average molecular weight is 509 g/mol. The molecule has 0 aliphatic carbocycles. The number of rotatable bonds is 10. The third kappa shape index (κ3) is 6.32. The van der Waals surface area contributed by atoms with Crippen LogP contribution in [0.3, 0.4) is 0 Å². The highest BCUT2D eigenvalue weighted by molar-refractivity contribution is 6.46. The first-order valence-corrected chi connectivity index (χ1v) is 12.9. The van der Waals surface area contributed by atoms with Gasteiger partial charge in [0.15, 0.2) is 0 Å². The average Bonchev–Trinajstić information content (AvgIpc) is 3.17. The number of aliphatic hydroxyl groups excluding tert-OH is 1. The summed E-state index contributed by atoms with van der Waals surface area (Å²) < 4.78 is 16.7. The monoisotopic (exact) mass is 508 g/mol. The van der Waals surface area contributed by atoms with Gasteiger partial charge in [0.1, 0.15) is 17.3 Å². The minimum atomic E-state index is -0.700. The summed E-state index contributed by atoms with van der Waals surface area (Å²) in [4.78, 5) is 30.3. The first-order chi connectivity index (χ1) is 17.9. The second-order valence-electron chi connectivity index (χ2n) is 9.68. The highest BCUT2D eigenvalue weighted by atomic mass is 16.5. The Bertz CT molecular complexity index is 1100. The summed E-state index contributed by atoms with van der Waals surface area (Å²) in [5.41, 5.74) is 1.29. The van der Waals surface area contributed by atoms with Crippen LogP contribution in [0.15, 0.2) is 54.1 Å². The van der Waals surface area contributed by atoms with Gasteiger partial charge < -0.3 is 24.2 Å². The molecular formula is C29H36N2O6. The van der Waals surface area contributed by atoms with Gasteiger partial charge in [0.2, 0.25) is 0 Å². The molecule has 8 heteroatoms. The topological polar surface area (TPSA) is 88.5 Å². The van der Waals surface area contributed by atoms with Gasteiger partial charge in [-0.1, -0.05) is 26.0 Å². The molecule has 1 unspecified atom stereocenters. The van der Waals surface area contributed by atoms with Crippen molar-refractivity contribution >= 4 is 17.4 Å². The van der Waals surface area contributed by atoms with Crippen molar-refractivity contribution in [2.45, 2.75) is 26.8 Å². The van der Waals surface area contributed by atoms with E-state index < -0.39 is 17.7 Å². The molecule has 1 N–H and O–H groups in total. The highest BCUT2D eigenvalue weighted by Crippen LogP contribution is 2.40. The van der Waals surface area contributed by atoms with Gasteiger partial charge >= 0.3 is 0 Å². The van der Waals surface area contributed by atoms with E-state index in [9.17, 15) is 14.7 Å². The van der Waals surface area contributed by atoms with E-state index in [2.05, 4.69) is 18.7 Å². The molecule has 2 heterocycles. The number of Topliss-reactive ketones (excluding diaryl/α,β-unsaturated/α-hetero) is 1. The van der Waals surface area contributed by atoms with Crippen molar-refractivity contribution in [3.8, 4) is 11.5 Å². The number of hydrogen-bond acceptors (Lipinski definition) is 7. The number of morpholine rings is 1. The Balaban J connectivity index is 1.66. The van der Waals surface area contributed by atoms with Crippen LogP contribution >= 0.6 is 0 Å². The molecule has 0 spiro atoms. The molecule has 0 saturated carbocycles. The van der Waals surface area contributed by atoms with Crippen LogP contribution in [0.1, 0.15) is 37.9 Å². The van der Waals surface area contributed by atoms with Crippen LogP contribution in [0.5, 0.6) is 11.5 Å². The summed E-state index contributed by atoms with van der Waals surface area (Å²) in [6, 6.07) is 13.6. The largest absolute Gasteiger partial charge is 0.507 e. The van der Waals surface area contributed by atoms with E-state index in [0.717, 1.165) is 18.7 Å². The van der Waals surface area contributed by atoms with Gasteiger partial charge in [0.05, 0.1) is 38.0 Å². The zero-order chi connectivity index (χ0) is 26.4. The Morgan fingerprint density at radius 3 is 2.22 bits per heavy atom. The molecule has 4 rings (SSSR count). The lowest BCUT2D eigenvalue weighted by Gasteiger charge is -2.31. The quantitative estimate of drug-likeness (QED) is 0.296. The summed E-state index contributed by atoms with van der Waals surface area (Å²) in [6.07, 6.45) is 0. The molecule has 2 aromatic rings. The maximum Gasteiger partial charge on any atom is 0.295 e. The van der Waals surface area contributed by atoms with E-state index in [0.29, 0.717) is 62.5 Å². The van der Waals surface area contributed by atoms with E-state index in [4.69, 9.17) is 14.2 Å². The lowest BCUT2D eigenvalue weighted by atomic mass is 9.95. The van der Waals surface area contributed by atoms with Gasteiger partial charge in [-0.25, -0.2) is 0 Å². The fraction of sp³-hybridized carbons (Fsp3) is 0.448. The predicted molar refractivity (Wildman–Crippen MR) is 141 cm³/mol. The maximum absolute atomic E-state index is 13.3. The van der Waals surface area contributed by atoms with E-state index >= 15 is 0 Å². The molecule has 2 aliphatic heterocycles. The summed E-state index contributed by atoms with van der Waals surface area (Å²) in [5.74, 6) is 0.286. The van der Waals surface area contributed by atoms with Crippen molar-refractivity contribution in [2.24, 2.45) is 5.92 Å². The number of ether oxygens (including phenoxy) is 3. The van der Waals surface area contributed by atoms with E-state index in [1.54, 1.807) is 29.2 Å². The van der Waals surface area contributed by atoms with Crippen molar-refractivity contribution in [1.29, 1.82) is 0 Å². The summed E-state index contributed by atoms with van der Waals surface area (Å²) in [7, 11) is 0. The van der Waals surface area contributed by atoms with Crippen molar-refractivity contribution in [1.82, 2.24) is 9.80 Å². The molecule has 37 heavy (non-hydrogen) atoms. The Hall–Kier alpha value is -3.36. The first-order valence-electron chi connectivity index (χ1n) is 12.9. The molecule has 1 amide bonds. The lowest BCUT2D eigenvalue weighted by molar-refractivity contribution is -0.140. The molecule has 2 fully saturated rings. The van der Waals surface area contributed by atoms with Crippen LogP contribution in [0.2, 0.25) is 0 Å². The Kier molecular flexibility index (Phi) is 8.84. The maximum atomic E-state index is 13.3. The van der Waals surface area contributed by atoms with Crippen molar-refractivity contribution < 1.29 is 28.9 Å². The third-order valence-electron chi connectivity index (χ3n) is 6.52. The second kappa shape index (κ2) is 12.3. The van der Waals surface area contributed by atoms with Crippen LogP contribution < -0.4 is 9.47 Å². The standard InChI is InChI=1S/C29H36N2O6/c1-4-36-23-9-5-21(6-10-23)26-25(27(32)22-7-11-24(12-8-22)37-19-20(2)3)28(33)29(34)31(26)14-13-30-15-17-35-18-16-30/h5-12,20,26,32H,4,13-19H2,1-3H3/b27-25+. The van der Waals surface area contributed by atoms with Crippen LogP contribution in [0.4, 0.5) is 0 Å². The number of hydrogen-bond donors (Lipinski definition) is 1. The summed E-state index contributed by atoms with van der Waals surface area (Å²) in [5, 5.41) is 11.3. The van der Waals surface area contributed by atoms with Gasteiger partial charge in [-0.15, -0.1) is 0 Å². The van der Waals surface area contributed by atoms with E-state index in [1.165, 1.54) is 0 Å². The fourth-order valence-corrected chi connectivity index (χ4v) is 4.57. The first kappa shape index (κ1) is 26.7. The molecule has 8 nitrogen and oxygen atoms in total. The summed E-state index contributed by atoms with van der Waals surface area (Å²) >= 11 is 0. The lowest BCUT2D eigenvalue weighted by Crippen LogP contribution is -2.42. The smallest absolute Gasteiger partial charge is 0.295 e. The van der Waals surface area contributed by atoms with Gasteiger partial charge in [0, 0.05) is 31.7 Å². The van der Waals surface area contributed by atoms with Gasteiger partial charge in [-0.2, -0.15) is 0 Å². The Labute approximate surface area is 218 Å². The molecule has 0 radical (unpaired) electrons. The normalized spacial score (nSPS) is 20.0. The zero-order valence-electron chi connectivity index (χ0n) is 21.8. The van der Waals surface area contributed by atoms with Crippen molar-refractivity contribution in [3.63, 3.8) is 0 Å². The van der Waals surface area contributed by atoms with E-state index in [-0.39, 0.29) is 11.3 Å². The summed E-state index contributed by atoms with van der Waals surface area (Å²) in [6.45, 7) is 11.0. The second-order valence-corrected chi connectivity index (χ2v) is 9.68. The number of ketones is 1. The Morgan fingerprint density at radius 2 is 1.59 bits per heavy atom. The van der Waals surface area contributed by atoms with Crippen molar-refractivity contribution in [2.75, 3.05) is 52.6 Å². The molecule has 198 valence electrons. The number of benzene rings is 2. The molecule has 0 bridgehead atoms. The molecule has 1 atom stereocenters. The van der Waals surface area contributed by atoms with Crippen LogP contribution in [-0.4, -0.2) is 79.2 Å². The number of amides is 1. The minimum absolute atomic E-state index is 0.0898. The Morgan fingerprint density at radius 1 is 0.973 bits per heavy atom. The van der Waals surface area contributed by atoms with Gasteiger partial charge in [-0.3, -0.25) is 14.5 Å². The number of likely N-dealkylation sites (tertiary alicyclic amines) is 1. The molecular weight excluding hydrogens is 472 g/mol. The predicted octanol–water partition coefficient (Wildman–Crippen LogP) is 3.87. The molecule has 2 aliphatic rings. The third-order valence-corrected chi connectivity index (χ3v) is 6.52. The van der Waals surface area contributed by atoms with Gasteiger partial charge in [0.25, 0.3) is 11.7 Å². The van der Waals surface area contributed by atoms with Crippen molar-refractivity contribution in [3.05, 3.63) is 65.2 Å². The van der Waals surface area contributed by atoms with Crippen LogP contribution in [0, 0.1) is 5.92 Å². The van der Waals surface area contributed by atoms with Gasteiger partial charge in [-0.05, 0) is 54.8 Å². The molecule has 2 aromatic carbocycles. The number of nitrogens with zero attached hydrogens (tertiary/aromatic N) is 2. The molecule has 0 aromatic heterocycles. The SMILES string of the molecule is CCOc1ccc(C2/C(=C(\O)c3ccc(OCC(C)C)cc3)C(=O)C(=O)N2CCN2CCOCC2)cc1. The number of carbonyl (C=O) groups is 2. The molecule has 2 saturated heterocycles. The fourth-order valence-electron chi connectivity index (χ4n) is 4.57. The number of carbonyl (C=O) groups excluding carboxylic acids is 2. The minimum Gasteiger partial charge on any atom is -0.507 e. The van der Waals surface area contributed by atoms with Crippen LogP contribution in [-0.2, 0) is 14.3 Å². The highest BCUT2D eigenvalue weighted by Gasteiger charge is 2.46. The van der Waals surface area contributed by atoms with Crippen LogP contribution in [0.25, 0.3) is 5.76 Å². The van der Waals surface area contributed by atoms with E-state index in [1.807, 2.05) is 31.2 Å². The zero-order valence-corrected chi connectivity index (χ0v) is 21.8. The number of aliphatic hydroxyl groups is 1.